The molecule has 5 heteroatoms. The third-order valence-corrected chi connectivity index (χ3v) is 2.71. The summed E-state index contributed by atoms with van der Waals surface area (Å²) in [5, 5.41) is 8.91. The first-order chi connectivity index (χ1) is 8.91. The summed E-state index contributed by atoms with van der Waals surface area (Å²) in [6.45, 7) is -0.480. The van der Waals surface area contributed by atoms with Gasteiger partial charge >= 0.3 is 6.18 Å². The third kappa shape index (κ3) is 2.93. The first-order valence-corrected chi connectivity index (χ1v) is 5.49. The van der Waals surface area contributed by atoms with Crippen LogP contribution in [0, 0.1) is 5.82 Å². The van der Waals surface area contributed by atoms with Gasteiger partial charge in [-0.2, -0.15) is 13.2 Å². The van der Waals surface area contributed by atoms with Crippen LogP contribution in [-0.2, 0) is 12.8 Å². The van der Waals surface area contributed by atoms with E-state index >= 15 is 0 Å². The number of benzene rings is 2. The van der Waals surface area contributed by atoms with Gasteiger partial charge in [-0.15, -0.1) is 0 Å². The van der Waals surface area contributed by atoms with Gasteiger partial charge in [-0.3, -0.25) is 0 Å². The van der Waals surface area contributed by atoms with E-state index in [0.717, 1.165) is 12.1 Å². The Morgan fingerprint density at radius 1 is 1.00 bits per heavy atom. The van der Waals surface area contributed by atoms with Crippen LogP contribution in [0.1, 0.15) is 11.1 Å². The van der Waals surface area contributed by atoms with Crippen LogP contribution in [0.4, 0.5) is 17.6 Å². The van der Waals surface area contributed by atoms with Crippen molar-refractivity contribution in [1.29, 1.82) is 0 Å². The Morgan fingerprint density at radius 2 is 1.74 bits per heavy atom. The summed E-state index contributed by atoms with van der Waals surface area (Å²) in [7, 11) is 0. The Kier molecular flexibility index (Phi) is 3.57. The van der Waals surface area contributed by atoms with Crippen molar-refractivity contribution in [2.24, 2.45) is 0 Å². The molecule has 2 aromatic rings. The molecule has 0 saturated carbocycles. The average molecular weight is 270 g/mol. The zero-order chi connectivity index (χ0) is 14.0. The molecule has 0 fully saturated rings. The van der Waals surface area contributed by atoms with E-state index in [2.05, 4.69) is 0 Å². The fourth-order valence-electron chi connectivity index (χ4n) is 1.83. The molecule has 0 saturated heterocycles. The van der Waals surface area contributed by atoms with Crippen molar-refractivity contribution >= 4 is 0 Å². The smallest absolute Gasteiger partial charge is 0.392 e. The van der Waals surface area contributed by atoms with Crippen LogP contribution in [0.25, 0.3) is 11.1 Å². The number of hydrogen-bond acceptors (Lipinski definition) is 1. The molecule has 0 aliphatic rings. The maximum atomic E-state index is 13.1. The van der Waals surface area contributed by atoms with Gasteiger partial charge in [-0.1, -0.05) is 24.3 Å². The number of halogens is 4. The Bertz CT molecular complexity index is 590. The van der Waals surface area contributed by atoms with Gasteiger partial charge in [0.2, 0.25) is 0 Å². The molecule has 2 rings (SSSR count). The van der Waals surface area contributed by atoms with E-state index in [1.807, 2.05) is 0 Å². The van der Waals surface area contributed by atoms with Gasteiger partial charge < -0.3 is 5.11 Å². The van der Waals surface area contributed by atoms with E-state index in [-0.39, 0.29) is 16.7 Å². The fraction of sp³-hybridized carbons (Fsp3) is 0.143. The monoisotopic (exact) mass is 270 g/mol. The van der Waals surface area contributed by atoms with E-state index in [1.165, 1.54) is 30.3 Å². The zero-order valence-electron chi connectivity index (χ0n) is 9.71. The van der Waals surface area contributed by atoms with Crippen LogP contribution < -0.4 is 0 Å². The van der Waals surface area contributed by atoms with Gasteiger partial charge in [0, 0.05) is 0 Å². The minimum Gasteiger partial charge on any atom is -0.392 e. The summed E-state index contributed by atoms with van der Waals surface area (Å²) in [4.78, 5) is 0. The predicted octanol–water partition coefficient (Wildman–Crippen LogP) is 4.00. The van der Waals surface area contributed by atoms with Crippen molar-refractivity contribution in [3.8, 4) is 11.1 Å². The SMILES string of the molecule is OCc1ccc(-c2cccc(F)c2)c(C(F)(F)F)c1. The quantitative estimate of drug-likeness (QED) is 0.818. The Morgan fingerprint density at radius 3 is 2.32 bits per heavy atom. The van der Waals surface area contributed by atoms with Crippen molar-refractivity contribution in [3.05, 3.63) is 59.4 Å². The highest BCUT2D eigenvalue weighted by molar-refractivity contribution is 5.68. The summed E-state index contributed by atoms with van der Waals surface area (Å²) >= 11 is 0. The molecule has 0 aromatic heterocycles. The second-order valence-corrected chi connectivity index (χ2v) is 4.05. The van der Waals surface area contributed by atoms with Crippen molar-refractivity contribution in [2.45, 2.75) is 12.8 Å². The highest BCUT2D eigenvalue weighted by Crippen LogP contribution is 2.37. The molecule has 0 unspecified atom stereocenters. The van der Waals surface area contributed by atoms with E-state index in [0.29, 0.717) is 0 Å². The maximum absolute atomic E-state index is 13.1. The molecule has 1 N–H and O–H groups in total. The molecule has 0 amide bonds. The summed E-state index contributed by atoms with van der Waals surface area (Å²) in [6, 6.07) is 8.47. The topological polar surface area (TPSA) is 20.2 Å². The van der Waals surface area contributed by atoms with E-state index in [9.17, 15) is 17.6 Å². The predicted molar refractivity (Wildman–Crippen MR) is 62.8 cm³/mol. The van der Waals surface area contributed by atoms with Crippen LogP contribution >= 0.6 is 0 Å². The largest absolute Gasteiger partial charge is 0.417 e. The van der Waals surface area contributed by atoms with Crippen molar-refractivity contribution in [3.63, 3.8) is 0 Å². The van der Waals surface area contributed by atoms with Gasteiger partial charge in [-0.05, 0) is 34.9 Å². The highest BCUT2D eigenvalue weighted by atomic mass is 19.4. The maximum Gasteiger partial charge on any atom is 0.417 e. The number of alkyl halides is 3. The lowest BCUT2D eigenvalue weighted by Gasteiger charge is -2.14. The second-order valence-electron chi connectivity index (χ2n) is 4.05. The molecule has 0 spiro atoms. The summed E-state index contributed by atoms with van der Waals surface area (Å²) < 4.78 is 52.0. The minimum atomic E-state index is -4.56. The number of aliphatic hydroxyl groups is 1. The van der Waals surface area contributed by atoms with Crippen molar-refractivity contribution in [2.75, 3.05) is 0 Å². The second kappa shape index (κ2) is 5.01. The summed E-state index contributed by atoms with van der Waals surface area (Å²) in [5.41, 5.74) is -0.682. The molecule has 0 aliphatic heterocycles. The first-order valence-electron chi connectivity index (χ1n) is 5.49. The Hall–Kier alpha value is -1.88. The highest BCUT2D eigenvalue weighted by Gasteiger charge is 2.33. The number of hydrogen-bond donors (Lipinski definition) is 1. The Balaban J connectivity index is 2.63. The van der Waals surface area contributed by atoms with Gasteiger partial charge in [0.15, 0.2) is 0 Å². The molecule has 0 aliphatic carbocycles. The number of aliphatic hydroxyl groups excluding tert-OH is 1. The Labute approximate surface area is 107 Å². The van der Waals surface area contributed by atoms with Gasteiger partial charge in [0.05, 0.1) is 12.2 Å². The average Bonchev–Trinajstić information content (AvgIpc) is 2.37. The standard InChI is InChI=1S/C14H10F4O/c15-11-3-1-2-10(7-11)12-5-4-9(8-19)6-13(12)14(16,17)18/h1-7,19H,8H2. The molecular weight excluding hydrogens is 260 g/mol. The van der Waals surface area contributed by atoms with Gasteiger partial charge in [0.25, 0.3) is 0 Å². The molecule has 19 heavy (non-hydrogen) atoms. The lowest BCUT2D eigenvalue weighted by atomic mass is 9.97. The molecule has 0 atom stereocenters. The van der Waals surface area contributed by atoms with Crippen molar-refractivity contribution in [1.82, 2.24) is 0 Å². The van der Waals surface area contributed by atoms with E-state index in [4.69, 9.17) is 5.11 Å². The van der Waals surface area contributed by atoms with Crippen LogP contribution in [0.3, 0.4) is 0 Å². The zero-order valence-corrected chi connectivity index (χ0v) is 9.71. The normalized spacial score (nSPS) is 11.6. The number of rotatable bonds is 2. The lowest BCUT2D eigenvalue weighted by molar-refractivity contribution is -0.137. The molecule has 2 aromatic carbocycles. The van der Waals surface area contributed by atoms with Gasteiger partial charge in [-0.25, -0.2) is 4.39 Å². The fourth-order valence-corrected chi connectivity index (χ4v) is 1.83. The molecule has 0 heterocycles. The van der Waals surface area contributed by atoms with Crippen LogP contribution in [0.15, 0.2) is 42.5 Å². The van der Waals surface area contributed by atoms with E-state index < -0.39 is 24.2 Å². The molecule has 0 bridgehead atoms. The molecular formula is C14H10F4O. The summed E-state index contributed by atoms with van der Waals surface area (Å²) in [5.74, 6) is -0.600. The third-order valence-electron chi connectivity index (χ3n) is 2.71. The van der Waals surface area contributed by atoms with Crippen LogP contribution in [-0.4, -0.2) is 5.11 Å². The lowest BCUT2D eigenvalue weighted by Crippen LogP contribution is -2.08. The van der Waals surface area contributed by atoms with Crippen LogP contribution in [0.5, 0.6) is 0 Å². The van der Waals surface area contributed by atoms with E-state index in [1.54, 1.807) is 0 Å². The summed E-state index contributed by atoms with van der Waals surface area (Å²) in [6.07, 6.45) is -4.56. The molecule has 0 radical (unpaired) electrons. The minimum absolute atomic E-state index is 0.107. The van der Waals surface area contributed by atoms with Crippen molar-refractivity contribution < 1.29 is 22.7 Å². The molecule has 100 valence electrons. The van der Waals surface area contributed by atoms with Gasteiger partial charge in [0.1, 0.15) is 5.82 Å². The van der Waals surface area contributed by atoms with Crippen LogP contribution in [0.2, 0.25) is 0 Å². The first kappa shape index (κ1) is 13.5. The molecule has 1 nitrogen and oxygen atoms in total.